The third-order valence-corrected chi connectivity index (χ3v) is 7.16. The number of nitrogens with one attached hydrogen (secondary N) is 1. The Morgan fingerprint density at radius 2 is 1.56 bits per heavy atom. The van der Waals surface area contributed by atoms with E-state index in [0.717, 1.165) is 11.1 Å². The molecule has 39 heavy (non-hydrogen) atoms. The molecule has 10 heteroatoms. The molecule has 1 saturated heterocycles. The zero-order valence-electron chi connectivity index (χ0n) is 21.8. The molecule has 4 atom stereocenters. The third-order valence-electron chi connectivity index (χ3n) is 7.16. The Bertz CT molecular complexity index is 1450. The number of carbonyl (C=O) groups excluding carboxylic acids is 2. The third kappa shape index (κ3) is 4.59. The summed E-state index contributed by atoms with van der Waals surface area (Å²) in [5, 5.41) is 21.3. The van der Waals surface area contributed by atoms with Crippen LogP contribution in [0.3, 0.4) is 0 Å². The molecule has 5 rings (SSSR count). The normalized spacial score (nSPS) is 21.1. The molecule has 2 heterocycles. The van der Waals surface area contributed by atoms with Crippen LogP contribution in [0.1, 0.15) is 22.6 Å². The molecule has 0 saturated carbocycles. The van der Waals surface area contributed by atoms with Crippen LogP contribution < -0.4 is 24.3 Å². The SMILES string of the molecule is COc1ccc(C2C=C(c3ccc(C)cc3)N(c3ccc(OC)cc3[NH+]([O-])O)C3C(=O)OC(=O)C23)c(OC)c1. The molecule has 0 bridgehead atoms. The number of fused-ring (bicyclic) bond motifs is 1. The molecular weight excluding hydrogens is 504 g/mol. The number of ether oxygens (including phenoxy) is 4. The highest BCUT2D eigenvalue weighted by Crippen LogP contribution is 2.50. The summed E-state index contributed by atoms with van der Waals surface area (Å²) >= 11 is 0. The number of quaternary nitrogens is 1. The van der Waals surface area contributed by atoms with Crippen molar-refractivity contribution >= 4 is 29.0 Å². The second-order valence-electron chi connectivity index (χ2n) is 9.32. The minimum absolute atomic E-state index is 0.0845. The average Bonchev–Trinajstić information content (AvgIpc) is 3.25. The van der Waals surface area contributed by atoms with Gasteiger partial charge in [-0.2, -0.15) is 5.23 Å². The summed E-state index contributed by atoms with van der Waals surface area (Å²) in [6, 6.07) is 16.4. The molecule has 3 aromatic rings. The molecule has 1 fully saturated rings. The highest BCUT2D eigenvalue weighted by molar-refractivity contribution is 6.06. The first-order valence-corrected chi connectivity index (χ1v) is 12.2. The van der Waals surface area contributed by atoms with Crippen LogP contribution in [0.5, 0.6) is 17.2 Å². The van der Waals surface area contributed by atoms with Crippen LogP contribution in [0, 0.1) is 18.0 Å². The van der Waals surface area contributed by atoms with Crippen molar-refractivity contribution in [2.24, 2.45) is 5.92 Å². The summed E-state index contributed by atoms with van der Waals surface area (Å²) < 4.78 is 21.4. The van der Waals surface area contributed by atoms with Crippen LogP contribution in [0.2, 0.25) is 0 Å². The largest absolute Gasteiger partial charge is 0.595 e. The van der Waals surface area contributed by atoms with Crippen LogP contribution in [0.4, 0.5) is 11.4 Å². The summed E-state index contributed by atoms with van der Waals surface area (Å²) in [6.07, 6.45) is 1.87. The van der Waals surface area contributed by atoms with Gasteiger partial charge in [-0.25, -0.2) is 10.0 Å². The molecule has 2 aliphatic heterocycles. The maximum atomic E-state index is 13.3. The maximum Gasteiger partial charge on any atom is 0.337 e. The molecule has 202 valence electrons. The number of benzene rings is 3. The number of nitrogens with zero attached hydrogens (tertiary/aromatic N) is 1. The minimum Gasteiger partial charge on any atom is -0.595 e. The van der Waals surface area contributed by atoms with Gasteiger partial charge in [0, 0.05) is 29.3 Å². The highest BCUT2D eigenvalue weighted by Gasteiger charge is 2.55. The van der Waals surface area contributed by atoms with Crippen molar-refractivity contribution in [3.63, 3.8) is 0 Å². The zero-order chi connectivity index (χ0) is 27.8. The fourth-order valence-corrected chi connectivity index (χ4v) is 5.26. The number of carbonyl (C=O) groups is 2. The van der Waals surface area contributed by atoms with Crippen LogP contribution in [0.25, 0.3) is 5.70 Å². The van der Waals surface area contributed by atoms with Crippen molar-refractivity contribution in [2.45, 2.75) is 18.9 Å². The minimum atomic E-state index is -1.21. The Morgan fingerprint density at radius 1 is 0.897 bits per heavy atom. The maximum absolute atomic E-state index is 13.3. The Hall–Kier alpha value is -4.38. The van der Waals surface area contributed by atoms with Crippen molar-refractivity contribution < 1.29 is 39.0 Å². The van der Waals surface area contributed by atoms with Crippen molar-refractivity contribution in [1.29, 1.82) is 0 Å². The van der Waals surface area contributed by atoms with Gasteiger partial charge in [0.15, 0.2) is 5.69 Å². The summed E-state index contributed by atoms with van der Waals surface area (Å²) in [5.41, 5.74) is 3.13. The van der Waals surface area contributed by atoms with E-state index in [1.165, 1.54) is 20.3 Å². The molecule has 0 amide bonds. The first-order valence-electron chi connectivity index (χ1n) is 12.2. The molecule has 2 N–H and O–H groups in total. The molecule has 2 aliphatic rings. The van der Waals surface area contributed by atoms with Gasteiger partial charge >= 0.3 is 11.9 Å². The van der Waals surface area contributed by atoms with E-state index < -0.39 is 35.0 Å². The first kappa shape index (κ1) is 26.2. The predicted molar refractivity (Wildman–Crippen MR) is 141 cm³/mol. The number of cyclic esters (lactones) is 2. The molecular formula is C29H28N2O8. The number of esters is 2. The van der Waals surface area contributed by atoms with Gasteiger partial charge in [0.25, 0.3) is 0 Å². The van der Waals surface area contributed by atoms with Crippen LogP contribution in [-0.2, 0) is 14.3 Å². The lowest BCUT2D eigenvalue weighted by Gasteiger charge is -2.40. The summed E-state index contributed by atoms with van der Waals surface area (Å²) in [7, 11) is 4.50. The monoisotopic (exact) mass is 532 g/mol. The lowest BCUT2D eigenvalue weighted by molar-refractivity contribution is -0.990. The first-order chi connectivity index (χ1) is 18.8. The Morgan fingerprint density at radius 3 is 2.21 bits per heavy atom. The van der Waals surface area contributed by atoms with E-state index in [1.54, 1.807) is 42.3 Å². The summed E-state index contributed by atoms with van der Waals surface area (Å²) in [6.45, 7) is 1.96. The Labute approximate surface area is 225 Å². The standard InChI is InChI=1S/C29H28N2O8/c1-16-5-7-17(8-6-16)23-15-21(20-11-9-19(37-3)14-25(20)38-4)26-27(29(33)39-28(26)32)30(23)22-12-10-18(36-2)13-24(22)31(34)35/h5-15,21,26-27,31,34H,1-4H3. The van der Waals surface area contributed by atoms with Gasteiger partial charge in [-0.1, -0.05) is 42.0 Å². The van der Waals surface area contributed by atoms with E-state index >= 15 is 0 Å². The van der Waals surface area contributed by atoms with Gasteiger partial charge in [0.05, 0.1) is 27.2 Å². The molecule has 3 aromatic carbocycles. The molecule has 0 radical (unpaired) electrons. The molecule has 0 aliphatic carbocycles. The van der Waals surface area contributed by atoms with E-state index in [4.69, 9.17) is 18.9 Å². The van der Waals surface area contributed by atoms with E-state index in [0.29, 0.717) is 28.5 Å². The molecule has 10 nitrogen and oxygen atoms in total. The van der Waals surface area contributed by atoms with Crippen molar-refractivity contribution in [1.82, 2.24) is 0 Å². The van der Waals surface area contributed by atoms with Gasteiger partial charge in [0.1, 0.15) is 29.0 Å². The van der Waals surface area contributed by atoms with Crippen molar-refractivity contribution in [2.75, 3.05) is 26.2 Å². The number of allylic oxidation sites excluding steroid dienone is 1. The second-order valence-corrected chi connectivity index (χ2v) is 9.32. The Balaban J connectivity index is 1.79. The van der Waals surface area contributed by atoms with E-state index in [9.17, 15) is 20.0 Å². The van der Waals surface area contributed by atoms with E-state index in [-0.39, 0.29) is 11.4 Å². The number of methoxy groups -OCH3 is 3. The number of anilines is 1. The lowest BCUT2D eigenvalue weighted by atomic mass is 9.77. The predicted octanol–water partition coefficient (Wildman–Crippen LogP) is 3.14. The van der Waals surface area contributed by atoms with E-state index in [1.807, 2.05) is 37.3 Å². The number of hydrogen-bond acceptors (Lipinski definition) is 9. The van der Waals surface area contributed by atoms with Gasteiger partial charge in [-0.15, -0.1) is 0 Å². The highest BCUT2D eigenvalue weighted by atomic mass is 16.8. The van der Waals surface area contributed by atoms with Gasteiger partial charge in [-0.05, 0) is 30.7 Å². The van der Waals surface area contributed by atoms with Crippen molar-refractivity contribution in [3.05, 3.63) is 88.6 Å². The summed E-state index contributed by atoms with van der Waals surface area (Å²) in [5.74, 6) is -1.63. The smallest absolute Gasteiger partial charge is 0.337 e. The number of hydrogen-bond donors (Lipinski definition) is 2. The fraction of sp³-hybridized carbons (Fsp3) is 0.241. The van der Waals surface area contributed by atoms with Crippen LogP contribution in [-0.4, -0.2) is 44.5 Å². The van der Waals surface area contributed by atoms with Crippen LogP contribution >= 0.6 is 0 Å². The molecule has 0 aromatic heterocycles. The van der Waals surface area contributed by atoms with Gasteiger partial charge in [-0.3, -0.25) is 4.79 Å². The second kappa shape index (κ2) is 10.4. The van der Waals surface area contributed by atoms with Gasteiger partial charge < -0.3 is 29.1 Å². The number of rotatable bonds is 7. The lowest BCUT2D eigenvalue weighted by Crippen LogP contribution is -2.99. The quantitative estimate of drug-likeness (QED) is 0.268. The van der Waals surface area contributed by atoms with Gasteiger partial charge in [0.2, 0.25) is 0 Å². The summed E-state index contributed by atoms with van der Waals surface area (Å²) in [4.78, 5) is 28.1. The zero-order valence-corrected chi connectivity index (χ0v) is 21.8. The molecule has 4 unspecified atom stereocenters. The van der Waals surface area contributed by atoms with E-state index in [2.05, 4.69) is 0 Å². The topological polar surface area (TPSA) is 122 Å². The van der Waals surface area contributed by atoms with Crippen LogP contribution in [0.15, 0.2) is 66.7 Å². The fourth-order valence-electron chi connectivity index (χ4n) is 5.26. The average molecular weight is 533 g/mol. The Kier molecular flexibility index (Phi) is 7.00. The molecule has 0 spiro atoms. The van der Waals surface area contributed by atoms with Crippen molar-refractivity contribution in [3.8, 4) is 17.2 Å². The number of aryl methyl sites for hydroxylation is 1.